The lowest BCUT2D eigenvalue weighted by Gasteiger charge is -2.22. The minimum atomic E-state index is -0.577. The quantitative estimate of drug-likeness (QED) is 0.499. The summed E-state index contributed by atoms with van der Waals surface area (Å²) >= 11 is 1.34. The largest absolute Gasteiger partial charge is 0.455 e. The van der Waals surface area contributed by atoms with E-state index in [1.54, 1.807) is 0 Å². The van der Waals surface area contributed by atoms with Crippen molar-refractivity contribution in [2.75, 3.05) is 23.8 Å². The molecule has 2 aromatic carbocycles. The van der Waals surface area contributed by atoms with Gasteiger partial charge in [-0.25, -0.2) is 4.39 Å². The summed E-state index contributed by atoms with van der Waals surface area (Å²) in [4.78, 5) is 37.9. The lowest BCUT2D eigenvalue weighted by atomic mass is 10.2. The van der Waals surface area contributed by atoms with Crippen LogP contribution < -0.4 is 10.6 Å². The summed E-state index contributed by atoms with van der Waals surface area (Å²) in [7, 11) is 0. The molecule has 8 heteroatoms. The van der Waals surface area contributed by atoms with E-state index in [-0.39, 0.29) is 18.7 Å². The molecule has 0 saturated heterocycles. The lowest BCUT2D eigenvalue weighted by molar-refractivity contribution is -0.145. The van der Waals surface area contributed by atoms with Crippen molar-refractivity contribution in [1.82, 2.24) is 0 Å². The number of anilines is 1. The lowest BCUT2D eigenvalue weighted by Crippen LogP contribution is -2.37. The summed E-state index contributed by atoms with van der Waals surface area (Å²) in [5.74, 6) is -2.02. The number of nitrogens with zero attached hydrogens (tertiary/aromatic N) is 1. The first kappa shape index (κ1) is 22.4. The first-order valence-electron chi connectivity index (χ1n) is 8.96. The van der Waals surface area contributed by atoms with Gasteiger partial charge in [-0.15, -0.1) is 11.8 Å². The van der Waals surface area contributed by atoms with E-state index < -0.39 is 30.2 Å². The summed E-state index contributed by atoms with van der Waals surface area (Å²) in [6.07, 6.45) is -0.0699. The van der Waals surface area contributed by atoms with Crippen molar-refractivity contribution in [1.29, 1.82) is 0 Å². The topological polar surface area (TPSA) is 89.7 Å². The van der Waals surface area contributed by atoms with Gasteiger partial charge in [-0.05, 0) is 49.7 Å². The fourth-order valence-corrected chi connectivity index (χ4v) is 3.42. The molecule has 2 aromatic rings. The summed E-state index contributed by atoms with van der Waals surface area (Å²) in [5.41, 5.74) is 7.69. The molecule has 154 valence electrons. The van der Waals surface area contributed by atoms with Gasteiger partial charge < -0.3 is 15.4 Å². The fraction of sp³-hybridized carbons (Fsp3) is 0.286. The molecule has 0 fully saturated rings. The first-order valence-corrected chi connectivity index (χ1v) is 9.94. The van der Waals surface area contributed by atoms with Crippen LogP contribution in [0.4, 0.5) is 10.1 Å². The molecule has 0 spiro atoms. The number of rotatable bonds is 9. The Hall–Kier alpha value is -2.87. The Morgan fingerprint density at radius 1 is 1.10 bits per heavy atom. The second-order valence-electron chi connectivity index (χ2n) is 6.46. The highest BCUT2D eigenvalue weighted by Gasteiger charge is 2.19. The van der Waals surface area contributed by atoms with E-state index in [2.05, 4.69) is 0 Å². The number of nitrogens with two attached hydrogens (primary N) is 1. The van der Waals surface area contributed by atoms with E-state index in [4.69, 9.17) is 10.5 Å². The van der Waals surface area contributed by atoms with Gasteiger partial charge in [-0.1, -0.05) is 17.7 Å². The molecule has 2 amide bonds. The van der Waals surface area contributed by atoms with Gasteiger partial charge in [0.25, 0.3) is 5.91 Å². The predicted molar refractivity (Wildman–Crippen MR) is 110 cm³/mol. The molecule has 0 heterocycles. The number of primary amides is 1. The maximum atomic E-state index is 13.1. The molecule has 0 aliphatic heterocycles. The maximum absolute atomic E-state index is 13.1. The Balaban J connectivity index is 1.94. The van der Waals surface area contributed by atoms with Gasteiger partial charge in [0, 0.05) is 23.5 Å². The number of carbonyl (C=O) groups excluding carboxylic acids is 3. The third-order valence-corrected chi connectivity index (χ3v) is 5.20. The number of amides is 2. The Bertz CT molecular complexity index is 887. The van der Waals surface area contributed by atoms with Crippen LogP contribution in [0.1, 0.15) is 17.5 Å². The van der Waals surface area contributed by atoms with Crippen LogP contribution in [0.5, 0.6) is 0 Å². The molecular formula is C21H23FN2O4S. The molecule has 29 heavy (non-hydrogen) atoms. The standard InChI is InChI=1S/C21H23FN2O4S/c1-14-3-4-15(2)18(11-14)29-13-21(27)28-12-20(26)24(10-9-19(23)25)17-7-5-16(22)6-8-17/h3-8,11H,9-10,12-13H2,1-2H3,(H2,23,25). The number of hydrogen-bond donors (Lipinski definition) is 1. The molecular weight excluding hydrogens is 395 g/mol. The van der Waals surface area contributed by atoms with Crippen LogP contribution in [0.15, 0.2) is 47.4 Å². The second-order valence-corrected chi connectivity index (χ2v) is 7.47. The van der Waals surface area contributed by atoms with Crippen LogP contribution in [0.3, 0.4) is 0 Å². The number of thioether (sulfide) groups is 1. The zero-order valence-electron chi connectivity index (χ0n) is 16.3. The van der Waals surface area contributed by atoms with Crippen molar-refractivity contribution >= 4 is 35.2 Å². The van der Waals surface area contributed by atoms with E-state index in [0.717, 1.165) is 16.0 Å². The Kier molecular flexibility index (Phi) is 8.21. The number of carbonyl (C=O) groups is 3. The van der Waals surface area contributed by atoms with Crippen molar-refractivity contribution < 1.29 is 23.5 Å². The van der Waals surface area contributed by atoms with Gasteiger partial charge in [-0.3, -0.25) is 14.4 Å². The van der Waals surface area contributed by atoms with Crippen LogP contribution in [-0.4, -0.2) is 36.7 Å². The summed E-state index contributed by atoms with van der Waals surface area (Å²) < 4.78 is 18.2. The average Bonchev–Trinajstić information content (AvgIpc) is 2.68. The summed E-state index contributed by atoms with van der Waals surface area (Å²) in [5, 5.41) is 0. The van der Waals surface area contributed by atoms with Crippen molar-refractivity contribution in [3.05, 3.63) is 59.4 Å². The van der Waals surface area contributed by atoms with Crippen molar-refractivity contribution in [2.45, 2.75) is 25.2 Å². The van der Waals surface area contributed by atoms with Crippen LogP contribution in [0.25, 0.3) is 0 Å². The van der Waals surface area contributed by atoms with Gasteiger partial charge in [0.15, 0.2) is 6.61 Å². The van der Waals surface area contributed by atoms with Gasteiger partial charge >= 0.3 is 5.97 Å². The molecule has 0 saturated carbocycles. The van der Waals surface area contributed by atoms with Crippen molar-refractivity contribution in [2.24, 2.45) is 5.73 Å². The summed E-state index contributed by atoms with van der Waals surface area (Å²) in [6, 6.07) is 11.2. The Morgan fingerprint density at radius 3 is 2.45 bits per heavy atom. The third kappa shape index (κ3) is 7.23. The van der Waals surface area contributed by atoms with Gasteiger partial charge in [-0.2, -0.15) is 0 Å². The second kappa shape index (κ2) is 10.6. The van der Waals surface area contributed by atoms with E-state index in [9.17, 15) is 18.8 Å². The molecule has 0 radical (unpaired) electrons. The van der Waals surface area contributed by atoms with Crippen LogP contribution >= 0.6 is 11.8 Å². The number of hydrogen-bond acceptors (Lipinski definition) is 5. The minimum Gasteiger partial charge on any atom is -0.455 e. The monoisotopic (exact) mass is 418 g/mol. The minimum absolute atomic E-state index is 0.00852. The fourth-order valence-electron chi connectivity index (χ4n) is 2.50. The molecule has 0 aliphatic rings. The van der Waals surface area contributed by atoms with E-state index in [1.165, 1.54) is 40.9 Å². The number of halogens is 1. The number of aryl methyl sites for hydroxylation is 2. The van der Waals surface area contributed by atoms with Gasteiger partial charge in [0.1, 0.15) is 5.82 Å². The Morgan fingerprint density at radius 2 is 1.79 bits per heavy atom. The highest BCUT2D eigenvalue weighted by molar-refractivity contribution is 8.00. The summed E-state index contributed by atoms with van der Waals surface area (Å²) in [6.45, 7) is 3.45. The molecule has 0 bridgehead atoms. The predicted octanol–water partition coefficient (Wildman–Crippen LogP) is 2.99. The average molecular weight is 418 g/mol. The normalized spacial score (nSPS) is 10.4. The number of ether oxygens (including phenoxy) is 1. The zero-order chi connectivity index (χ0) is 21.4. The van der Waals surface area contributed by atoms with Crippen LogP contribution in [-0.2, 0) is 19.1 Å². The smallest absolute Gasteiger partial charge is 0.316 e. The van der Waals surface area contributed by atoms with Gasteiger partial charge in [0.2, 0.25) is 5.91 Å². The van der Waals surface area contributed by atoms with E-state index in [0.29, 0.717) is 5.69 Å². The van der Waals surface area contributed by atoms with Crippen LogP contribution in [0.2, 0.25) is 0 Å². The van der Waals surface area contributed by atoms with E-state index >= 15 is 0 Å². The molecule has 0 atom stereocenters. The molecule has 0 aliphatic carbocycles. The molecule has 2 N–H and O–H groups in total. The first-order chi connectivity index (χ1) is 13.8. The Labute approximate surface area is 173 Å². The van der Waals surface area contributed by atoms with Crippen LogP contribution in [0, 0.1) is 19.7 Å². The molecule has 6 nitrogen and oxygen atoms in total. The molecule has 2 rings (SSSR count). The highest BCUT2D eigenvalue weighted by Crippen LogP contribution is 2.23. The SMILES string of the molecule is Cc1ccc(C)c(SCC(=O)OCC(=O)N(CCC(N)=O)c2ccc(F)cc2)c1. The third-order valence-electron chi connectivity index (χ3n) is 4.07. The maximum Gasteiger partial charge on any atom is 0.316 e. The molecule has 0 unspecified atom stereocenters. The molecule has 0 aromatic heterocycles. The van der Waals surface area contributed by atoms with E-state index in [1.807, 2.05) is 32.0 Å². The number of benzene rings is 2. The van der Waals surface area contributed by atoms with Crippen molar-refractivity contribution in [3.8, 4) is 0 Å². The van der Waals surface area contributed by atoms with Gasteiger partial charge in [0.05, 0.1) is 5.75 Å². The number of esters is 1. The van der Waals surface area contributed by atoms with Crippen molar-refractivity contribution in [3.63, 3.8) is 0 Å². The zero-order valence-corrected chi connectivity index (χ0v) is 17.1. The highest BCUT2D eigenvalue weighted by atomic mass is 32.2.